The lowest BCUT2D eigenvalue weighted by Gasteiger charge is -2.14. The first-order chi connectivity index (χ1) is 14.4. The molecule has 7 nitrogen and oxygen atoms in total. The Labute approximate surface area is 180 Å². The number of carbonyl (C=O) groups is 1. The number of hydrogen-bond acceptors (Lipinski definition) is 5. The second-order valence-corrected chi connectivity index (χ2v) is 10.1. The fraction of sp³-hybridized carbons (Fsp3) is 0.333. The Hall–Kier alpha value is -2.49. The normalized spacial score (nSPS) is 13.8. The van der Waals surface area contributed by atoms with Gasteiger partial charge in [-0.3, -0.25) is 9.48 Å². The van der Waals surface area contributed by atoms with Crippen molar-refractivity contribution in [1.82, 2.24) is 19.8 Å². The molecular weight excluding hydrogens is 420 g/mol. The Morgan fingerprint density at radius 1 is 1.23 bits per heavy atom. The molecule has 0 saturated carbocycles. The Kier molecular flexibility index (Phi) is 5.77. The van der Waals surface area contributed by atoms with E-state index in [0.29, 0.717) is 17.7 Å². The monoisotopic (exact) mass is 444 g/mol. The lowest BCUT2D eigenvalue weighted by molar-refractivity contribution is 0.0950. The van der Waals surface area contributed by atoms with Crippen molar-refractivity contribution in [3.05, 3.63) is 58.2 Å². The number of fused-ring (bicyclic) bond motifs is 1. The first-order valence-corrected chi connectivity index (χ1v) is 12.2. The Morgan fingerprint density at radius 3 is 2.77 bits per heavy atom. The number of aryl methyl sites for hydroxylation is 2. The number of rotatable bonds is 6. The van der Waals surface area contributed by atoms with Gasteiger partial charge in [0.05, 0.1) is 22.8 Å². The molecule has 158 valence electrons. The van der Waals surface area contributed by atoms with E-state index in [1.165, 1.54) is 36.1 Å². The van der Waals surface area contributed by atoms with E-state index >= 15 is 0 Å². The number of hydrogen-bond donors (Lipinski definition) is 2. The number of sulfonamides is 1. The lowest BCUT2D eigenvalue weighted by atomic mass is 9.96. The third kappa shape index (κ3) is 3.92. The van der Waals surface area contributed by atoms with Crippen LogP contribution < -0.4 is 10.0 Å². The summed E-state index contributed by atoms with van der Waals surface area (Å²) in [6.45, 7) is 0.352. The molecule has 3 aromatic rings. The average molecular weight is 445 g/mol. The summed E-state index contributed by atoms with van der Waals surface area (Å²) in [5.74, 6) is -0.308. The molecule has 1 aromatic carbocycles. The summed E-state index contributed by atoms with van der Waals surface area (Å²) in [7, 11) is -0.403. The van der Waals surface area contributed by atoms with Crippen LogP contribution in [-0.2, 0) is 36.5 Å². The van der Waals surface area contributed by atoms with Gasteiger partial charge >= 0.3 is 0 Å². The molecule has 2 aromatic heterocycles. The van der Waals surface area contributed by atoms with Crippen molar-refractivity contribution < 1.29 is 13.2 Å². The van der Waals surface area contributed by atoms with Crippen molar-refractivity contribution in [3.8, 4) is 10.4 Å². The summed E-state index contributed by atoms with van der Waals surface area (Å²) in [5.41, 5.74) is 4.41. The molecule has 0 unspecified atom stereocenters. The zero-order valence-corrected chi connectivity index (χ0v) is 18.6. The smallest absolute Gasteiger partial charge is 0.252 e. The standard InChI is InChI=1S/C21H24N4O3S2/c1-22-30(27,28)14-9-10-15(20-8-5-11-29-20)17(12-14)21(26)23-13-19-16-6-3-4-7-18(16)24-25(19)2/h5,8-12,22H,3-4,6-7,13H2,1-2H3,(H,23,26). The predicted octanol–water partition coefficient (Wildman–Crippen LogP) is 2.87. The number of nitrogens with zero attached hydrogens (tertiary/aromatic N) is 2. The molecule has 2 N–H and O–H groups in total. The topological polar surface area (TPSA) is 93.1 Å². The molecule has 0 aliphatic heterocycles. The fourth-order valence-electron chi connectivity index (χ4n) is 3.87. The lowest BCUT2D eigenvalue weighted by Crippen LogP contribution is -2.26. The summed E-state index contributed by atoms with van der Waals surface area (Å²) < 4.78 is 28.7. The molecule has 0 saturated heterocycles. The van der Waals surface area contributed by atoms with Crippen molar-refractivity contribution >= 4 is 27.3 Å². The number of thiophene rings is 1. The number of nitrogens with one attached hydrogen (secondary N) is 2. The number of carbonyl (C=O) groups excluding carboxylic acids is 1. The Balaban J connectivity index is 1.66. The molecule has 0 bridgehead atoms. The SMILES string of the molecule is CNS(=O)(=O)c1ccc(-c2cccs2)c(C(=O)NCc2c3c(nn2C)CCCC3)c1. The maximum absolute atomic E-state index is 13.2. The van der Waals surface area contributed by atoms with Gasteiger partial charge in [0, 0.05) is 23.1 Å². The predicted molar refractivity (Wildman–Crippen MR) is 117 cm³/mol. The quantitative estimate of drug-likeness (QED) is 0.611. The molecule has 9 heteroatoms. The van der Waals surface area contributed by atoms with Gasteiger partial charge < -0.3 is 5.32 Å². The van der Waals surface area contributed by atoms with Crippen LogP contribution in [0.4, 0.5) is 0 Å². The van der Waals surface area contributed by atoms with E-state index in [1.807, 2.05) is 29.2 Å². The summed E-state index contributed by atoms with van der Waals surface area (Å²) in [4.78, 5) is 14.1. The first kappa shape index (κ1) is 20.8. The summed E-state index contributed by atoms with van der Waals surface area (Å²) in [6.07, 6.45) is 4.23. The van der Waals surface area contributed by atoms with Crippen LogP contribution in [0.1, 0.15) is 40.2 Å². The fourth-order valence-corrected chi connectivity index (χ4v) is 5.39. The number of aromatic nitrogens is 2. The molecule has 4 rings (SSSR count). The van der Waals surface area contributed by atoms with E-state index in [1.54, 1.807) is 6.07 Å². The third-order valence-electron chi connectivity index (χ3n) is 5.47. The van der Waals surface area contributed by atoms with Crippen LogP contribution in [0.3, 0.4) is 0 Å². The van der Waals surface area contributed by atoms with Crippen LogP contribution in [0.25, 0.3) is 10.4 Å². The van der Waals surface area contributed by atoms with E-state index in [-0.39, 0.29) is 10.8 Å². The molecule has 1 amide bonds. The largest absolute Gasteiger partial charge is 0.346 e. The van der Waals surface area contributed by atoms with Crippen molar-refractivity contribution in [2.75, 3.05) is 7.05 Å². The highest BCUT2D eigenvalue weighted by Crippen LogP contribution is 2.30. The van der Waals surface area contributed by atoms with Crippen LogP contribution in [-0.4, -0.2) is 31.2 Å². The number of amides is 1. The molecule has 1 aliphatic carbocycles. The maximum Gasteiger partial charge on any atom is 0.252 e. The summed E-state index contributed by atoms with van der Waals surface area (Å²) in [5, 5.41) is 9.51. The zero-order chi connectivity index (χ0) is 21.3. The minimum absolute atomic E-state index is 0.0633. The second kappa shape index (κ2) is 8.33. The molecule has 0 fully saturated rings. The molecule has 0 radical (unpaired) electrons. The molecule has 2 heterocycles. The van der Waals surface area contributed by atoms with Crippen molar-refractivity contribution in [3.63, 3.8) is 0 Å². The molecule has 0 atom stereocenters. The van der Waals surface area contributed by atoms with E-state index in [0.717, 1.165) is 41.9 Å². The molecular formula is C21H24N4O3S2. The molecule has 1 aliphatic rings. The minimum Gasteiger partial charge on any atom is -0.346 e. The first-order valence-electron chi connectivity index (χ1n) is 9.84. The Bertz CT molecular complexity index is 1180. The van der Waals surface area contributed by atoms with E-state index in [4.69, 9.17) is 0 Å². The van der Waals surface area contributed by atoms with Gasteiger partial charge in [-0.25, -0.2) is 13.1 Å². The third-order valence-corrected chi connectivity index (χ3v) is 7.78. The zero-order valence-electron chi connectivity index (χ0n) is 16.9. The van der Waals surface area contributed by atoms with Gasteiger partial charge in [0.1, 0.15) is 0 Å². The highest BCUT2D eigenvalue weighted by Gasteiger charge is 2.22. The van der Waals surface area contributed by atoms with Crippen LogP contribution in [0.5, 0.6) is 0 Å². The highest BCUT2D eigenvalue weighted by molar-refractivity contribution is 7.89. The highest BCUT2D eigenvalue weighted by atomic mass is 32.2. The second-order valence-electron chi connectivity index (χ2n) is 7.28. The van der Waals surface area contributed by atoms with Gasteiger partial charge in [-0.15, -0.1) is 11.3 Å². The van der Waals surface area contributed by atoms with Gasteiger partial charge in [-0.1, -0.05) is 12.1 Å². The maximum atomic E-state index is 13.2. The number of benzene rings is 1. The van der Waals surface area contributed by atoms with E-state index < -0.39 is 10.0 Å². The van der Waals surface area contributed by atoms with Gasteiger partial charge in [0.15, 0.2) is 0 Å². The average Bonchev–Trinajstić information content (AvgIpc) is 3.39. The van der Waals surface area contributed by atoms with Crippen LogP contribution in [0.2, 0.25) is 0 Å². The minimum atomic E-state index is -3.66. The van der Waals surface area contributed by atoms with Gasteiger partial charge in [0.2, 0.25) is 10.0 Å². The van der Waals surface area contributed by atoms with Crippen LogP contribution in [0.15, 0.2) is 40.6 Å². The van der Waals surface area contributed by atoms with Crippen LogP contribution in [0, 0.1) is 0 Å². The van der Waals surface area contributed by atoms with Gasteiger partial charge in [-0.2, -0.15) is 5.10 Å². The van der Waals surface area contributed by atoms with Crippen LogP contribution >= 0.6 is 11.3 Å². The van der Waals surface area contributed by atoms with E-state index in [9.17, 15) is 13.2 Å². The van der Waals surface area contributed by atoms with Gasteiger partial charge in [-0.05, 0) is 61.9 Å². The molecule has 0 spiro atoms. The van der Waals surface area contributed by atoms with Crippen molar-refractivity contribution in [2.45, 2.75) is 37.1 Å². The van der Waals surface area contributed by atoms with Crippen molar-refractivity contribution in [2.24, 2.45) is 7.05 Å². The summed E-state index contributed by atoms with van der Waals surface area (Å²) >= 11 is 1.50. The van der Waals surface area contributed by atoms with Crippen molar-refractivity contribution in [1.29, 1.82) is 0 Å². The Morgan fingerprint density at radius 2 is 2.03 bits per heavy atom. The summed E-state index contributed by atoms with van der Waals surface area (Å²) in [6, 6.07) is 8.48. The van der Waals surface area contributed by atoms with Gasteiger partial charge in [0.25, 0.3) is 5.91 Å². The van der Waals surface area contributed by atoms with E-state index in [2.05, 4.69) is 15.1 Å². The molecule has 30 heavy (non-hydrogen) atoms.